The minimum absolute atomic E-state index is 0.247. The van der Waals surface area contributed by atoms with Gasteiger partial charge in [0.2, 0.25) is 0 Å². The lowest BCUT2D eigenvalue weighted by atomic mass is 9.96. The van der Waals surface area contributed by atoms with Gasteiger partial charge in [-0.15, -0.1) is 0 Å². The molecule has 1 heterocycles. The van der Waals surface area contributed by atoms with Gasteiger partial charge in [-0.2, -0.15) is 0 Å². The van der Waals surface area contributed by atoms with Gasteiger partial charge >= 0.3 is 0 Å². The maximum Gasteiger partial charge on any atom is 0.115 e. The Kier molecular flexibility index (Phi) is 4.23. The molecule has 2 aromatic carbocycles. The van der Waals surface area contributed by atoms with Crippen LogP contribution in [-0.2, 0) is 0 Å². The van der Waals surface area contributed by atoms with Gasteiger partial charge in [-0.3, -0.25) is 4.90 Å². The van der Waals surface area contributed by atoms with Crippen LogP contribution in [0.25, 0.3) is 0 Å². The summed E-state index contributed by atoms with van der Waals surface area (Å²) >= 11 is 0. The normalized spacial score (nSPS) is 21.1. The Labute approximate surface area is 126 Å². The minimum Gasteiger partial charge on any atom is -0.508 e. The lowest BCUT2D eigenvalue weighted by Gasteiger charge is -2.38. The fourth-order valence-corrected chi connectivity index (χ4v) is 3.10. The average molecular weight is 282 g/mol. The molecule has 3 nitrogen and oxygen atoms in total. The number of nitrogens with zero attached hydrogens (tertiary/aromatic N) is 1. The highest BCUT2D eigenvalue weighted by Crippen LogP contribution is 2.30. The van der Waals surface area contributed by atoms with Gasteiger partial charge in [0.15, 0.2) is 0 Å². The fourth-order valence-electron chi connectivity index (χ4n) is 3.10. The number of nitrogens with one attached hydrogen (secondary N) is 1. The van der Waals surface area contributed by atoms with E-state index in [1.165, 1.54) is 11.1 Å². The van der Waals surface area contributed by atoms with E-state index in [2.05, 4.69) is 47.5 Å². The molecule has 0 bridgehead atoms. The van der Waals surface area contributed by atoms with Crippen molar-refractivity contribution in [2.24, 2.45) is 0 Å². The second-order valence-electron chi connectivity index (χ2n) is 5.75. The predicted octanol–water partition coefficient (Wildman–Crippen LogP) is 2.78. The molecule has 0 aromatic heterocycles. The molecule has 1 aliphatic heterocycles. The molecule has 0 saturated carbocycles. The lowest BCUT2D eigenvalue weighted by molar-refractivity contribution is 0.170. The first kappa shape index (κ1) is 14.1. The summed E-state index contributed by atoms with van der Waals surface area (Å²) in [7, 11) is 0. The number of phenols is 1. The molecule has 3 heteroatoms. The standard InChI is InChI=1S/C18H22N2O/c1-14-13-20(12-11-19-14)18(15-5-3-2-4-6-15)16-7-9-17(21)10-8-16/h2-10,14,18-19,21H,11-13H2,1H3. The summed E-state index contributed by atoms with van der Waals surface area (Å²) in [6, 6.07) is 19.0. The van der Waals surface area contributed by atoms with Gasteiger partial charge in [-0.1, -0.05) is 42.5 Å². The van der Waals surface area contributed by atoms with Crippen molar-refractivity contribution in [1.82, 2.24) is 10.2 Å². The molecule has 1 aliphatic rings. The van der Waals surface area contributed by atoms with Crippen molar-refractivity contribution in [3.63, 3.8) is 0 Å². The molecule has 21 heavy (non-hydrogen) atoms. The zero-order chi connectivity index (χ0) is 14.7. The second kappa shape index (κ2) is 6.29. The van der Waals surface area contributed by atoms with E-state index in [1.807, 2.05) is 12.1 Å². The molecule has 2 unspecified atom stereocenters. The van der Waals surface area contributed by atoms with Crippen molar-refractivity contribution in [1.29, 1.82) is 0 Å². The summed E-state index contributed by atoms with van der Waals surface area (Å²) in [5.41, 5.74) is 2.53. The molecule has 1 fully saturated rings. The largest absolute Gasteiger partial charge is 0.508 e. The third-order valence-corrected chi connectivity index (χ3v) is 4.09. The van der Waals surface area contributed by atoms with Crippen molar-refractivity contribution < 1.29 is 5.11 Å². The number of hydrogen-bond donors (Lipinski definition) is 2. The van der Waals surface area contributed by atoms with Gasteiger partial charge in [0.25, 0.3) is 0 Å². The molecular weight excluding hydrogens is 260 g/mol. The number of piperazine rings is 1. The summed E-state index contributed by atoms with van der Waals surface area (Å²) in [5, 5.41) is 13.0. The SMILES string of the molecule is CC1CN(C(c2ccccc2)c2ccc(O)cc2)CCN1. The quantitative estimate of drug-likeness (QED) is 0.908. The van der Waals surface area contributed by atoms with E-state index in [1.54, 1.807) is 12.1 Å². The summed E-state index contributed by atoms with van der Waals surface area (Å²) in [6.07, 6.45) is 0. The average Bonchev–Trinajstić information content (AvgIpc) is 2.51. The molecule has 0 radical (unpaired) electrons. The Morgan fingerprint density at radius 1 is 1.05 bits per heavy atom. The Morgan fingerprint density at radius 3 is 2.38 bits per heavy atom. The molecule has 0 amide bonds. The topological polar surface area (TPSA) is 35.5 Å². The monoisotopic (exact) mass is 282 g/mol. The molecule has 0 aliphatic carbocycles. The molecule has 1 saturated heterocycles. The number of benzene rings is 2. The summed E-state index contributed by atoms with van der Waals surface area (Å²) in [6.45, 7) is 5.30. The number of aromatic hydroxyl groups is 1. The number of hydrogen-bond acceptors (Lipinski definition) is 3. The third kappa shape index (κ3) is 3.26. The first-order valence-corrected chi connectivity index (χ1v) is 7.55. The van der Waals surface area contributed by atoms with Gasteiger partial charge in [-0.25, -0.2) is 0 Å². The van der Waals surface area contributed by atoms with Gasteiger partial charge in [0.1, 0.15) is 5.75 Å². The zero-order valence-corrected chi connectivity index (χ0v) is 12.4. The maximum atomic E-state index is 9.54. The fraction of sp³-hybridized carbons (Fsp3) is 0.333. The van der Waals surface area contributed by atoms with Crippen molar-refractivity contribution in [2.45, 2.75) is 19.0 Å². The molecule has 2 N–H and O–H groups in total. The van der Waals surface area contributed by atoms with Crippen LogP contribution in [0.15, 0.2) is 54.6 Å². The Balaban J connectivity index is 1.96. The van der Waals surface area contributed by atoms with Gasteiger partial charge < -0.3 is 10.4 Å². The van der Waals surface area contributed by atoms with E-state index in [9.17, 15) is 5.11 Å². The third-order valence-electron chi connectivity index (χ3n) is 4.09. The highest BCUT2D eigenvalue weighted by Gasteiger charge is 2.26. The summed E-state index contributed by atoms with van der Waals surface area (Å²) < 4.78 is 0. The van der Waals surface area contributed by atoms with E-state index in [0.717, 1.165) is 19.6 Å². The van der Waals surface area contributed by atoms with Crippen LogP contribution in [0.5, 0.6) is 5.75 Å². The van der Waals surface area contributed by atoms with Crippen LogP contribution in [0.3, 0.4) is 0 Å². The smallest absolute Gasteiger partial charge is 0.115 e. The zero-order valence-electron chi connectivity index (χ0n) is 12.4. The van der Waals surface area contributed by atoms with Crippen LogP contribution < -0.4 is 5.32 Å². The van der Waals surface area contributed by atoms with Crippen molar-refractivity contribution in [2.75, 3.05) is 19.6 Å². The number of phenolic OH excluding ortho intramolecular Hbond substituents is 1. The highest BCUT2D eigenvalue weighted by molar-refractivity contribution is 5.35. The molecule has 0 spiro atoms. The number of rotatable bonds is 3. The van der Waals surface area contributed by atoms with Crippen LogP contribution in [-0.4, -0.2) is 35.7 Å². The van der Waals surface area contributed by atoms with E-state index in [4.69, 9.17) is 0 Å². The van der Waals surface area contributed by atoms with Crippen LogP contribution >= 0.6 is 0 Å². The van der Waals surface area contributed by atoms with Crippen molar-refractivity contribution >= 4 is 0 Å². The van der Waals surface area contributed by atoms with Crippen LogP contribution in [0.1, 0.15) is 24.1 Å². The summed E-state index contributed by atoms with van der Waals surface area (Å²) in [4.78, 5) is 2.52. The van der Waals surface area contributed by atoms with Gasteiger partial charge in [0.05, 0.1) is 6.04 Å². The molecule has 2 atom stereocenters. The Hall–Kier alpha value is -1.84. The van der Waals surface area contributed by atoms with Gasteiger partial charge in [0, 0.05) is 25.7 Å². The van der Waals surface area contributed by atoms with Crippen molar-refractivity contribution in [3.8, 4) is 5.75 Å². The highest BCUT2D eigenvalue weighted by atomic mass is 16.3. The molecular formula is C18H22N2O. The minimum atomic E-state index is 0.247. The second-order valence-corrected chi connectivity index (χ2v) is 5.75. The van der Waals surface area contributed by atoms with E-state index < -0.39 is 0 Å². The Morgan fingerprint density at radius 2 is 1.71 bits per heavy atom. The Bertz CT molecular complexity index is 568. The molecule has 110 valence electrons. The predicted molar refractivity (Wildman–Crippen MR) is 85.4 cm³/mol. The van der Waals surface area contributed by atoms with E-state index in [0.29, 0.717) is 11.8 Å². The van der Waals surface area contributed by atoms with E-state index >= 15 is 0 Å². The van der Waals surface area contributed by atoms with Crippen LogP contribution in [0, 0.1) is 0 Å². The van der Waals surface area contributed by atoms with E-state index in [-0.39, 0.29) is 6.04 Å². The lowest BCUT2D eigenvalue weighted by Crippen LogP contribution is -2.50. The first-order chi connectivity index (χ1) is 10.2. The molecule has 3 rings (SSSR count). The van der Waals surface area contributed by atoms with Crippen molar-refractivity contribution in [3.05, 3.63) is 65.7 Å². The van der Waals surface area contributed by atoms with Crippen LogP contribution in [0.2, 0.25) is 0 Å². The summed E-state index contributed by atoms with van der Waals surface area (Å²) in [5.74, 6) is 0.319. The first-order valence-electron chi connectivity index (χ1n) is 7.55. The van der Waals surface area contributed by atoms with Gasteiger partial charge in [-0.05, 0) is 30.2 Å². The molecule has 2 aromatic rings. The maximum absolute atomic E-state index is 9.54. The van der Waals surface area contributed by atoms with Crippen LogP contribution in [0.4, 0.5) is 0 Å².